The largest absolute Gasteiger partial charge is 0.356 e. The Bertz CT molecular complexity index is 292. The fraction of sp³-hybridized carbons (Fsp3) is 0. The third kappa shape index (κ3) is 1.83. The van der Waals surface area contributed by atoms with Crippen LogP contribution in [0.3, 0.4) is 0 Å². The van der Waals surface area contributed by atoms with Crippen LogP contribution in [-0.2, 0) is 4.29 Å². The molecule has 0 atom stereocenters. The van der Waals surface area contributed by atoms with E-state index in [-0.39, 0.29) is 0 Å². The highest BCUT2D eigenvalue weighted by Crippen LogP contribution is 2.04. The van der Waals surface area contributed by atoms with Crippen molar-refractivity contribution in [1.82, 2.24) is 0 Å². The van der Waals surface area contributed by atoms with E-state index in [1.807, 2.05) is 0 Å². The smallest absolute Gasteiger partial charge is 0.343 e. The number of carbonyl (C=O) groups is 2. The molecule has 0 radical (unpaired) electrons. The first-order valence-corrected chi connectivity index (χ1v) is 3.47. The summed E-state index contributed by atoms with van der Waals surface area (Å²) in [6, 6.07) is 5.95. The van der Waals surface area contributed by atoms with Crippen molar-refractivity contribution >= 4 is 24.1 Å². The second-order valence-electron chi connectivity index (χ2n) is 2.10. The van der Waals surface area contributed by atoms with Crippen LogP contribution in [0.5, 0.6) is 0 Å². The van der Waals surface area contributed by atoms with Gasteiger partial charge in [-0.3, -0.25) is 4.79 Å². The van der Waals surface area contributed by atoms with Crippen LogP contribution < -0.4 is 0 Å². The predicted octanol–water partition coefficient (Wildman–Crippen LogP) is 1.81. The zero-order chi connectivity index (χ0) is 8.97. The molecule has 4 heteroatoms. The summed E-state index contributed by atoms with van der Waals surface area (Å²) < 4.78 is 3.95. The minimum Gasteiger partial charge on any atom is -0.343 e. The van der Waals surface area contributed by atoms with Crippen molar-refractivity contribution in [1.29, 1.82) is 0 Å². The lowest BCUT2D eigenvalue weighted by Gasteiger charge is -1.95. The van der Waals surface area contributed by atoms with Crippen LogP contribution in [0.4, 0.5) is 0 Å². The summed E-state index contributed by atoms with van der Waals surface area (Å²) in [6.45, 7) is 0. The van der Waals surface area contributed by atoms with Gasteiger partial charge in [-0.15, -0.1) is 0 Å². The third-order valence-corrected chi connectivity index (χ3v) is 1.49. The van der Waals surface area contributed by atoms with Crippen LogP contribution in [0.2, 0.25) is 0 Å². The van der Waals surface area contributed by atoms with E-state index >= 15 is 0 Å². The van der Waals surface area contributed by atoms with E-state index < -0.39 is 5.97 Å². The van der Waals surface area contributed by atoms with E-state index in [1.54, 1.807) is 0 Å². The molecular formula is C8H5ClO3. The second kappa shape index (κ2) is 3.88. The van der Waals surface area contributed by atoms with Gasteiger partial charge < -0.3 is 4.29 Å². The first kappa shape index (κ1) is 8.74. The quantitative estimate of drug-likeness (QED) is 0.659. The van der Waals surface area contributed by atoms with Gasteiger partial charge in [0.15, 0.2) is 0 Å². The maximum Gasteiger partial charge on any atom is 0.356 e. The van der Waals surface area contributed by atoms with Gasteiger partial charge in [0.2, 0.25) is 0 Å². The van der Waals surface area contributed by atoms with Gasteiger partial charge in [-0.05, 0) is 12.1 Å². The van der Waals surface area contributed by atoms with Crippen LogP contribution in [-0.4, -0.2) is 12.3 Å². The molecule has 12 heavy (non-hydrogen) atoms. The van der Waals surface area contributed by atoms with Crippen LogP contribution in [0.1, 0.15) is 20.7 Å². The van der Waals surface area contributed by atoms with Gasteiger partial charge in [-0.1, -0.05) is 12.1 Å². The number of halogens is 1. The topological polar surface area (TPSA) is 43.4 Å². The molecule has 1 rings (SSSR count). The Morgan fingerprint density at radius 3 is 2.33 bits per heavy atom. The minimum absolute atomic E-state index is 0.315. The Morgan fingerprint density at radius 2 is 1.92 bits per heavy atom. The van der Waals surface area contributed by atoms with Gasteiger partial charge in [-0.2, -0.15) is 0 Å². The maximum absolute atomic E-state index is 10.8. The van der Waals surface area contributed by atoms with Gasteiger partial charge in [-0.25, -0.2) is 4.79 Å². The monoisotopic (exact) mass is 184 g/mol. The molecule has 0 aromatic heterocycles. The van der Waals surface area contributed by atoms with Gasteiger partial charge in [0.25, 0.3) is 0 Å². The zero-order valence-electron chi connectivity index (χ0n) is 5.99. The van der Waals surface area contributed by atoms with E-state index in [2.05, 4.69) is 4.29 Å². The average Bonchev–Trinajstić information content (AvgIpc) is 2.17. The van der Waals surface area contributed by atoms with Gasteiger partial charge in [0.1, 0.15) is 18.2 Å². The summed E-state index contributed by atoms with van der Waals surface area (Å²) in [5.41, 5.74) is 0.816. The van der Waals surface area contributed by atoms with E-state index in [0.29, 0.717) is 17.4 Å². The van der Waals surface area contributed by atoms with E-state index in [4.69, 9.17) is 11.9 Å². The van der Waals surface area contributed by atoms with Crippen molar-refractivity contribution in [2.75, 3.05) is 0 Å². The standard InChI is InChI=1S/C8H5ClO3/c9-12-8(11)7-3-1-6(5-10)2-4-7/h1-5H. The molecule has 3 nitrogen and oxygen atoms in total. The summed E-state index contributed by atoms with van der Waals surface area (Å²) >= 11 is 4.84. The first-order valence-electron chi connectivity index (χ1n) is 3.16. The average molecular weight is 185 g/mol. The molecule has 1 aromatic carbocycles. The van der Waals surface area contributed by atoms with E-state index in [0.717, 1.165) is 0 Å². The summed E-state index contributed by atoms with van der Waals surface area (Å²) in [6.07, 6.45) is 0.690. The van der Waals surface area contributed by atoms with Crippen molar-refractivity contribution in [2.24, 2.45) is 0 Å². The fourth-order valence-electron chi connectivity index (χ4n) is 0.742. The molecule has 0 amide bonds. The summed E-state index contributed by atoms with van der Waals surface area (Å²) in [5, 5.41) is 0. The molecule has 0 saturated heterocycles. The number of rotatable bonds is 2. The Labute approximate surface area is 74.1 Å². The summed E-state index contributed by atoms with van der Waals surface area (Å²) in [4.78, 5) is 21.0. The predicted molar refractivity (Wildman–Crippen MR) is 43.1 cm³/mol. The second-order valence-corrected chi connectivity index (χ2v) is 2.26. The normalized spacial score (nSPS) is 9.08. The maximum atomic E-state index is 10.8. The van der Waals surface area contributed by atoms with E-state index in [9.17, 15) is 9.59 Å². The Kier molecular flexibility index (Phi) is 2.82. The van der Waals surface area contributed by atoms with Crippen molar-refractivity contribution in [2.45, 2.75) is 0 Å². The highest BCUT2D eigenvalue weighted by Gasteiger charge is 2.04. The van der Waals surface area contributed by atoms with Gasteiger partial charge >= 0.3 is 5.97 Å². The lowest BCUT2D eigenvalue weighted by molar-refractivity contribution is 0.0751. The van der Waals surface area contributed by atoms with Crippen LogP contribution >= 0.6 is 11.9 Å². The molecular weight excluding hydrogens is 180 g/mol. The van der Waals surface area contributed by atoms with Crippen LogP contribution in [0.25, 0.3) is 0 Å². The summed E-state index contributed by atoms with van der Waals surface area (Å²) in [7, 11) is 0. The molecule has 0 aliphatic heterocycles. The summed E-state index contributed by atoms with van der Waals surface area (Å²) in [5.74, 6) is -0.630. The van der Waals surface area contributed by atoms with Crippen molar-refractivity contribution in [3.05, 3.63) is 35.4 Å². The number of aldehydes is 1. The highest BCUT2D eigenvalue weighted by molar-refractivity contribution is 6.15. The lowest BCUT2D eigenvalue weighted by atomic mass is 10.1. The third-order valence-electron chi connectivity index (χ3n) is 1.35. The Morgan fingerprint density at radius 1 is 1.33 bits per heavy atom. The number of benzene rings is 1. The van der Waals surface area contributed by atoms with Crippen LogP contribution in [0, 0.1) is 0 Å². The first-order chi connectivity index (χ1) is 5.77. The van der Waals surface area contributed by atoms with Gasteiger partial charge in [0, 0.05) is 5.56 Å². The lowest BCUT2D eigenvalue weighted by Crippen LogP contribution is -1.97. The van der Waals surface area contributed by atoms with Gasteiger partial charge in [0.05, 0.1) is 5.56 Å². The number of hydrogen-bond acceptors (Lipinski definition) is 3. The fourth-order valence-corrected chi connectivity index (χ4v) is 0.831. The SMILES string of the molecule is O=Cc1ccc(C(=O)OCl)cc1. The molecule has 0 aliphatic rings. The molecule has 0 aliphatic carbocycles. The molecule has 0 spiro atoms. The zero-order valence-corrected chi connectivity index (χ0v) is 6.75. The molecule has 0 saturated carbocycles. The number of hydrogen-bond donors (Lipinski definition) is 0. The van der Waals surface area contributed by atoms with Crippen LogP contribution in [0.15, 0.2) is 24.3 Å². The van der Waals surface area contributed by atoms with Crippen molar-refractivity contribution in [3.8, 4) is 0 Å². The van der Waals surface area contributed by atoms with Crippen molar-refractivity contribution in [3.63, 3.8) is 0 Å². The van der Waals surface area contributed by atoms with E-state index in [1.165, 1.54) is 24.3 Å². The molecule has 62 valence electrons. The Balaban J connectivity index is 2.91. The number of carbonyl (C=O) groups excluding carboxylic acids is 2. The molecule has 0 unspecified atom stereocenters. The Hall–Kier alpha value is -1.35. The molecule has 0 bridgehead atoms. The molecule has 0 N–H and O–H groups in total. The molecule has 0 fully saturated rings. The van der Waals surface area contributed by atoms with Crippen molar-refractivity contribution < 1.29 is 13.9 Å². The molecule has 1 aromatic rings. The highest BCUT2D eigenvalue weighted by atomic mass is 35.5. The molecule has 0 heterocycles. The minimum atomic E-state index is -0.630.